The molecule has 0 bridgehead atoms. The highest BCUT2D eigenvalue weighted by molar-refractivity contribution is 7.89. The van der Waals surface area contributed by atoms with E-state index in [1.807, 2.05) is 49.9 Å². The van der Waals surface area contributed by atoms with Gasteiger partial charge in [-0.15, -0.1) is 0 Å². The van der Waals surface area contributed by atoms with E-state index in [2.05, 4.69) is 26.3 Å². The first kappa shape index (κ1) is 30.4. The van der Waals surface area contributed by atoms with E-state index in [4.69, 9.17) is 16.6 Å². The third kappa shape index (κ3) is 6.65. The first-order valence-electron chi connectivity index (χ1n) is 13.9. The SMILES string of the molecule is Cc1cc([C@@H](C)Nc2ccc(Cl)nc2C(=O)NS(C)(=O)=O)c2nc(N3CCC[C@@H](c4ccc(C)nc4)C3)n(C)c(=O)c2c1. The Balaban J connectivity index is 1.53. The standard InChI is InChI=1S/C30H34ClN7O4S/c1-17-13-22(19(3)33-24-10-11-25(31)34-27(24)28(39)36-43(5,41)42)26-23(14-17)29(40)37(4)30(35-26)38-12-6-7-21(16-38)20-9-8-18(2)32-15-20/h8-11,13-15,19,21,33H,6-7,12,16H2,1-5H3,(H,36,39)/t19-,21-/m1/s1. The number of nitrogens with zero attached hydrogens (tertiary/aromatic N) is 5. The fourth-order valence-corrected chi connectivity index (χ4v) is 6.14. The van der Waals surface area contributed by atoms with Crippen LogP contribution in [-0.2, 0) is 17.1 Å². The Morgan fingerprint density at radius 1 is 1.14 bits per heavy atom. The van der Waals surface area contributed by atoms with Gasteiger partial charge in [0.25, 0.3) is 11.5 Å². The Labute approximate surface area is 255 Å². The van der Waals surface area contributed by atoms with Crippen LogP contribution in [-0.4, -0.2) is 53.2 Å². The van der Waals surface area contributed by atoms with Crippen LogP contribution in [0.2, 0.25) is 5.15 Å². The molecule has 0 unspecified atom stereocenters. The van der Waals surface area contributed by atoms with Gasteiger partial charge in [0.15, 0.2) is 5.69 Å². The molecule has 1 amide bonds. The van der Waals surface area contributed by atoms with E-state index >= 15 is 0 Å². The smallest absolute Gasteiger partial charge is 0.285 e. The second-order valence-corrected chi connectivity index (χ2v) is 13.3. The lowest BCUT2D eigenvalue weighted by atomic mass is 9.91. The predicted molar refractivity (Wildman–Crippen MR) is 168 cm³/mol. The van der Waals surface area contributed by atoms with Gasteiger partial charge in [0.1, 0.15) is 5.15 Å². The summed E-state index contributed by atoms with van der Waals surface area (Å²) in [7, 11) is -2.08. The summed E-state index contributed by atoms with van der Waals surface area (Å²) in [4.78, 5) is 42.2. The summed E-state index contributed by atoms with van der Waals surface area (Å²) in [6, 6.07) is 10.5. The number of carbonyl (C=O) groups excluding carboxylic acids is 1. The van der Waals surface area contributed by atoms with Crippen molar-refractivity contribution in [2.24, 2.45) is 7.05 Å². The van der Waals surface area contributed by atoms with Crippen molar-refractivity contribution in [3.05, 3.63) is 86.2 Å². The summed E-state index contributed by atoms with van der Waals surface area (Å²) >= 11 is 6.04. The monoisotopic (exact) mass is 623 g/mol. The molecule has 2 N–H and O–H groups in total. The third-order valence-corrected chi connectivity index (χ3v) is 8.40. The van der Waals surface area contributed by atoms with Gasteiger partial charge in [-0.1, -0.05) is 23.7 Å². The topological polar surface area (TPSA) is 139 Å². The number of rotatable bonds is 7. The maximum absolute atomic E-state index is 13.7. The number of aryl methyl sites for hydroxylation is 2. The Bertz CT molecular complexity index is 1880. The highest BCUT2D eigenvalue weighted by atomic mass is 35.5. The molecule has 226 valence electrons. The Kier molecular flexibility index (Phi) is 8.44. The highest BCUT2D eigenvalue weighted by Crippen LogP contribution is 2.32. The number of anilines is 2. The van der Waals surface area contributed by atoms with E-state index in [0.717, 1.165) is 42.5 Å². The lowest BCUT2D eigenvalue weighted by Gasteiger charge is -2.34. The zero-order valence-corrected chi connectivity index (χ0v) is 26.3. The number of fused-ring (bicyclic) bond motifs is 1. The molecule has 1 aliphatic rings. The number of aromatic nitrogens is 4. The lowest BCUT2D eigenvalue weighted by molar-refractivity contribution is 0.0977. The van der Waals surface area contributed by atoms with Gasteiger partial charge >= 0.3 is 0 Å². The predicted octanol–water partition coefficient (Wildman–Crippen LogP) is 4.24. The number of nitrogens with one attached hydrogen (secondary N) is 2. The van der Waals surface area contributed by atoms with E-state index in [9.17, 15) is 18.0 Å². The molecule has 11 nitrogen and oxygen atoms in total. The molecule has 5 rings (SSSR count). The van der Waals surface area contributed by atoms with Gasteiger partial charge in [0.2, 0.25) is 16.0 Å². The van der Waals surface area contributed by atoms with E-state index in [1.54, 1.807) is 17.7 Å². The number of halogens is 1. The average molecular weight is 624 g/mol. The number of sulfonamides is 1. The number of hydrogen-bond acceptors (Lipinski definition) is 9. The molecular weight excluding hydrogens is 590 g/mol. The largest absolute Gasteiger partial charge is 0.377 e. The maximum Gasteiger partial charge on any atom is 0.285 e. The number of amides is 1. The van der Waals surface area contributed by atoms with Crippen molar-refractivity contribution in [1.29, 1.82) is 0 Å². The summed E-state index contributed by atoms with van der Waals surface area (Å²) in [5.74, 6) is -0.0612. The van der Waals surface area contributed by atoms with Crippen molar-refractivity contribution >= 4 is 50.1 Å². The summed E-state index contributed by atoms with van der Waals surface area (Å²) in [6.07, 6.45) is 4.79. The first-order valence-corrected chi connectivity index (χ1v) is 16.2. The Hall–Kier alpha value is -4.03. The number of piperidine rings is 1. The van der Waals surface area contributed by atoms with E-state index in [0.29, 0.717) is 23.4 Å². The van der Waals surface area contributed by atoms with E-state index < -0.39 is 22.0 Å². The molecule has 2 atom stereocenters. The van der Waals surface area contributed by atoms with Crippen LogP contribution in [0.4, 0.5) is 11.6 Å². The van der Waals surface area contributed by atoms with Crippen LogP contribution in [0.5, 0.6) is 0 Å². The molecule has 0 radical (unpaired) electrons. The van der Waals surface area contributed by atoms with Gasteiger partial charge in [0, 0.05) is 43.5 Å². The van der Waals surface area contributed by atoms with Gasteiger partial charge < -0.3 is 10.2 Å². The molecule has 4 aromatic rings. The quantitative estimate of drug-likeness (QED) is 0.289. The fourth-order valence-electron chi connectivity index (χ4n) is 5.56. The molecule has 3 aromatic heterocycles. The molecule has 0 spiro atoms. The van der Waals surface area contributed by atoms with Gasteiger partial charge in [-0.2, -0.15) is 0 Å². The maximum atomic E-state index is 13.7. The van der Waals surface area contributed by atoms with Crippen LogP contribution in [0.3, 0.4) is 0 Å². The highest BCUT2D eigenvalue weighted by Gasteiger charge is 2.26. The van der Waals surface area contributed by atoms with Crippen LogP contribution < -0.4 is 20.5 Å². The fraction of sp³-hybridized carbons (Fsp3) is 0.367. The van der Waals surface area contributed by atoms with Crippen LogP contribution in [0.15, 0.2) is 47.4 Å². The molecule has 1 saturated heterocycles. The van der Waals surface area contributed by atoms with Crippen LogP contribution >= 0.6 is 11.6 Å². The van der Waals surface area contributed by atoms with Crippen molar-refractivity contribution in [1.82, 2.24) is 24.2 Å². The second kappa shape index (κ2) is 11.9. The molecule has 4 heterocycles. The molecule has 0 aliphatic carbocycles. The summed E-state index contributed by atoms with van der Waals surface area (Å²) < 4.78 is 27.0. The number of hydrogen-bond donors (Lipinski definition) is 2. The number of benzene rings is 1. The third-order valence-electron chi connectivity index (χ3n) is 7.63. The summed E-state index contributed by atoms with van der Waals surface area (Å²) in [6.45, 7) is 7.23. The zero-order chi connectivity index (χ0) is 31.1. The minimum atomic E-state index is -3.83. The average Bonchev–Trinajstić information content (AvgIpc) is 2.95. The Morgan fingerprint density at radius 3 is 2.60 bits per heavy atom. The molecule has 1 aromatic carbocycles. The van der Waals surface area contributed by atoms with E-state index in [-0.39, 0.29) is 28.0 Å². The van der Waals surface area contributed by atoms with Crippen molar-refractivity contribution in [3.63, 3.8) is 0 Å². The zero-order valence-electron chi connectivity index (χ0n) is 24.7. The van der Waals surface area contributed by atoms with Gasteiger partial charge in [0.05, 0.1) is 28.9 Å². The van der Waals surface area contributed by atoms with Gasteiger partial charge in [-0.05, 0) is 69.0 Å². The minimum Gasteiger partial charge on any atom is -0.377 e. The lowest BCUT2D eigenvalue weighted by Crippen LogP contribution is -2.39. The van der Waals surface area contributed by atoms with Crippen LogP contribution in [0, 0.1) is 13.8 Å². The molecule has 0 saturated carbocycles. The first-order chi connectivity index (χ1) is 20.3. The summed E-state index contributed by atoms with van der Waals surface area (Å²) in [5, 5.41) is 3.78. The molecule has 13 heteroatoms. The molecule has 1 fully saturated rings. The van der Waals surface area contributed by atoms with Crippen LogP contribution in [0.1, 0.15) is 64.6 Å². The van der Waals surface area contributed by atoms with Crippen molar-refractivity contribution in [3.8, 4) is 0 Å². The second-order valence-electron chi connectivity index (χ2n) is 11.1. The molecular formula is C30H34ClN7O4S. The van der Waals surface area contributed by atoms with Gasteiger partial charge in [-0.3, -0.25) is 19.1 Å². The molecule has 43 heavy (non-hydrogen) atoms. The number of carbonyl (C=O) groups is 1. The summed E-state index contributed by atoms with van der Waals surface area (Å²) in [5.41, 5.74) is 4.26. The van der Waals surface area contributed by atoms with Crippen molar-refractivity contribution in [2.45, 2.75) is 45.6 Å². The normalized spacial score (nSPS) is 16.2. The number of pyridine rings is 2. The van der Waals surface area contributed by atoms with E-state index in [1.165, 1.54) is 11.6 Å². The van der Waals surface area contributed by atoms with Crippen LogP contribution in [0.25, 0.3) is 10.9 Å². The van der Waals surface area contributed by atoms with Crippen molar-refractivity contribution < 1.29 is 13.2 Å². The molecule has 1 aliphatic heterocycles. The minimum absolute atomic E-state index is 0.0360. The van der Waals surface area contributed by atoms with Gasteiger partial charge in [-0.25, -0.2) is 23.1 Å². The van der Waals surface area contributed by atoms with Crippen molar-refractivity contribution in [2.75, 3.05) is 29.6 Å². The Morgan fingerprint density at radius 2 is 1.91 bits per heavy atom.